The SMILES string of the molecule is Cc1ccc(F)cc1OCC(=O)Cc1ccc(F)cc1. The maximum absolute atomic E-state index is 13.1. The summed E-state index contributed by atoms with van der Waals surface area (Å²) in [5.74, 6) is -0.540. The fraction of sp³-hybridized carbons (Fsp3) is 0.188. The summed E-state index contributed by atoms with van der Waals surface area (Å²) in [6, 6.07) is 9.90. The topological polar surface area (TPSA) is 26.3 Å². The average molecular weight is 276 g/mol. The predicted octanol–water partition coefficient (Wildman–Crippen LogP) is 3.46. The molecule has 0 aliphatic rings. The molecule has 2 rings (SSSR count). The molecule has 0 amide bonds. The van der Waals surface area contributed by atoms with Crippen molar-refractivity contribution in [1.29, 1.82) is 0 Å². The van der Waals surface area contributed by atoms with Crippen LogP contribution >= 0.6 is 0 Å². The number of ketones is 1. The summed E-state index contributed by atoms with van der Waals surface area (Å²) in [7, 11) is 0. The van der Waals surface area contributed by atoms with Crippen molar-refractivity contribution in [2.24, 2.45) is 0 Å². The summed E-state index contributed by atoms with van der Waals surface area (Å²) in [5, 5.41) is 0. The monoisotopic (exact) mass is 276 g/mol. The van der Waals surface area contributed by atoms with E-state index in [1.807, 2.05) is 0 Å². The molecule has 0 aromatic heterocycles. The van der Waals surface area contributed by atoms with Crippen LogP contribution in [0.15, 0.2) is 42.5 Å². The fourth-order valence-corrected chi connectivity index (χ4v) is 1.77. The van der Waals surface area contributed by atoms with E-state index in [9.17, 15) is 13.6 Å². The van der Waals surface area contributed by atoms with E-state index < -0.39 is 5.82 Å². The number of ether oxygens (including phenoxy) is 1. The summed E-state index contributed by atoms with van der Waals surface area (Å²) in [6.07, 6.45) is 0.161. The number of hydrogen-bond acceptors (Lipinski definition) is 2. The molecule has 0 saturated heterocycles. The van der Waals surface area contributed by atoms with Crippen molar-refractivity contribution in [3.63, 3.8) is 0 Å². The number of benzene rings is 2. The van der Waals surface area contributed by atoms with Crippen LogP contribution in [0.5, 0.6) is 5.75 Å². The van der Waals surface area contributed by atoms with Gasteiger partial charge in [-0.3, -0.25) is 4.79 Å². The van der Waals surface area contributed by atoms with E-state index in [4.69, 9.17) is 4.74 Å². The number of carbonyl (C=O) groups excluding carboxylic acids is 1. The first kappa shape index (κ1) is 14.2. The summed E-state index contributed by atoms with van der Waals surface area (Å²) >= 11 is 0. The van der Waals surface area contributed by atoms with E-state index in [1.165, 1.54) is 24.3 Å². The largest absolute Gasteiger partial charge is 0.485 e. The molecule has 2 aromatic carbocycles. The first-order chi connectivity index (χ1) is 9.54. The number of Topliss-reactive ketones (excluding diaryl/α,β-unsaturated/α-hetero) is 1. The Bertz CT molecular complexity index is 606. The van der Waals surface area contributed by atoms with Crippen LogP contribution in [0, 0.1) is 18.6 Å². The van der Waals surface area contributed by atoms with Gasteiger partial charge in [-0.2, -0.15) is 0 Å². The molecule has 2 aromatic rings. The normalized spacial score (nSPS) is 10.3. The Morgan fingerprint density at radius 1 is 1.05 bits per heavy atom. The third-order valence-corrected chi connectivity index (χ3v) is 2.85. The van der Waals surface area contributed by atoms with Crippen molar-refractivity contribution in [1.82, 2.24) is 0 Å². The number of aryl methyl sites for hydroxylation is 1. The first-order valence-electron chi connectivity index (χ1n) is 6.19. The third-order valence-electron chi connectivity index (χ3n) is 2.85. The van der Waals surface area contributed by atoms with Gasteiger partial charge in [-0.15, -0.1) is 0 Å². The van der Waals surface area contributed by atoms with Gasteiger partial charge in [-0.05, 0) is 36.2 Å². The molecule has 0 spiro atoms. The van der Waals surface area contributed by atoms with Crippen LogP contribution in [-0.4, -0.2) is 12.4 Å². The van der Waals surface area contributed by atoms with Crippen molar-refractivity contribution in [2.75, 3.05) is 6.61 Å². The molecule has 0 aliphatic carbocycles. The molecule has 0 fully saturated rings. The molecule has 0 heterocycles. The Morgan fingerprint density at radius 3 is 2.40 bits per heavy atom. The number of rotatable bonds is 5. The lowest BCUT2D eigenvalue weighted by Crippen LogP contribution is -2.14. The number of carbonyl (C=O) groups is 1. The van der Waals surface area contributed by atoms with Crippen LogP contribution < -0.4 is 4.74 Å². The highest BCUT2D eigenvalue weighted by atomic mass is 19.1. The van der Waals surface area contributed by atoms with Gasteiger partial charge in [0.1, 0.15) is 24.0 Å². The molecule has 0 saturated carbocycles. The quantitative estimate of drug-likeness (QED) is 0.836. The van der Waals surface area contributed by atoms with Gasteiger partial charge in [0, 0.05) is 12.5 Å². The van der Waals surface area contributed by atoms with Crippen LogP contribution in [0.2, 0.25) is 0 Å². The maximum atomic E-state index is 13.1. The van der Waals surface area contributed by atoms with E-state index >= 15 is 0 Å². The van der Waals surface area contributed by atoms with Gasteiger partial charge >= 0.3 is 0 Å². The van der Waals surface area contributed by atoms with E-state index in [0.29, 0.717) is 5.75 Å². The van der Waals surface area contributed by atoms with Gasteiger partial charge in [0.25, 0.3) is 0 Å². The molecule has 0 atom stereocenters. The molecule has 2 nitrogen and oxygen atoms in total. The van der Waals surface area contributed by atoms with E-state index in [0.717, 1.165) is 11.1 Å². The summed E-state index contributed by atoms with van der Waals surface area (Å²) in [4.78, 5) is 11.8. The Morgan fingerprint density at radius 2 is 1.70 bits per heavy atom. The molecule has 0 bridgehead atoms. The molecule has 0 unspecified atom stereocenters. The van der Waals surface area contributed by atoms with Crippen molar-refractivity contribution < 1.29 is 18.3 Å². The van der Waals surface area contributed by atoms with Crippen molar-refractivity contribution in [2.45, 2.75) is 13.3 Å². The van der Waals surface area contributed by atoms with Gasteiger partial charge in [0.2, 0.25) is 0 Å². The standard InChI is InChI=1S/C16H14F2O2/c1-11-2-5-14(18)9-16(11)20-10-15(19)8-12-3-6-13(17)7-4-12/h2-7,9H,8,10H2,1H3. The zero-order chi connectivity index (χ0) is 14.5. The summed E-state index contributed by atoms with van der Waals surface area (Å²) in [5.41, 5.74) is 1.48. The van der Waals surface area contributed by atoms with E-state index in [-0.39, 0.29) is 24.6 Å². The maximum Gasteiger partial charge on any atom is 0.174 e. The molecule has 20 heavy (non-hydrogen) atoms. The molecule has 0 N–H and O–H groups in total. The molecule has 0 aliphatic heterocycles. The van der Waals surface area contributed by atoms with Gasteiger partial charge in [0.05, 0.1) is 0 Å². The Labute approximate surface area is 116 Å². The van der Waals surface area contributed by atoms with E-state index in [2.05, 4.69) is 0 Å². The molecule has 4 heteroatoms. The van der Waals surface area contributed by atoms with Crippen molar-refractivity contribution in [3.8, 4) is 5.75 Å². The predicted molar refractivity (Wildman–Crippen MR) is 71.7 cm³/mol. The smallest absolute Gasteiger partial charge is 0.174 e. The first-order valence-corrected chi connectivity index (χ1v) is 6.19. The molecular weight excluding hydrogens is 262 g/mol. The van der Waals surface area contributed by atoms with E-state index in [1.54, 1.807) is 25.1 Å². The minimum absolute atomic E-state index is 0.137. The summed E-state index contributed by atoms with van der Waals surface area (Å²) < 4.78 is 31.1. The second-order valence-corrected chi connectivity index (χ2v) is 4.54. The lowest BCUT2D eigenvalue weighted by atomic mass is 10.1. The Hall–Kier alpha value is -2.23. The highest BCUT2D eigenvalue weighted by Gasteiger charge is 2.07. The molecule has 104 valence electrons. The lowest BCUT2D eigenvalue weighted by molar-refractivity contribution is -0.120. The van der Waals surface area contributed by atoms with Gasteiger partial charge < -0.3 is 4.74 Å². The van der Waals surface area contributed by atoms with Gasteiger partial charge in [-0.1, -0.05) is 18.2 Å². The fourth-order valence-electron chi connectivity index (χ4n) is 1.77. The summed E-state index contributed by atoms with van der Waals surface area (Å²) in [6.45, 7) is 1.64. The lowest BCUT2D eigenvalue weighted by Gasteiger charge is -2.08. The minimum Gasteiger partial charge on any atom is -0.485 e. The Kier molecular flexibility index (Phi) is 4.45. The zero-order valence-electron chi connectivity index (χ0n) is 11.0. The highest BCUT2D eigenvalue weighted by molar-refractivity contribution is 5.82. The van der Waals surface area contributed by atoms with Crippen molar-refractivity contribution in [3.05, 3.63) is 65.2 Å². The average Bonchev–Trinajstić information content (AvgIpc) is 2.42. The van der Waals surface area contributed by atoms with Crippen molar-refractivity contribution >= 4 is 5.78 Å². The molecular formula is C16H14F2O2. The zero-order valence-corrected chi connectivity index (χ0v) is 11.0. The highest BCUT2D eigenvalue weighted by Crippen LogP contribution is 2.18. The Balaban J connectivity index is 1.92. The number of hydrogen-bond donors (Lipinski definition) is 0. The van der Waals surface area contributed by atoms with Crippen LogP contribution in [0.25, 0.3) is 0 Å². The van der Waals surface area contributed by atoms with Gasteiger partial charge in [-0.25, -0.2) is 8.78 Å². The third kappa shape index (κ3) is 3.88. The van der Waals surface area contributed by atoms with Gasteiger partial charge in [0.15, 0.2) is 5.78 Å². The second-order valence-electron chi connectivity index (χ2n) is 4.54. The number of halogens is 2. The van der Waals surface area contributed by atoms with Crippen LogP contribution in [-0.2, 0) is 11.2 Å². The van der Waals surface area contributed by atoms with Crippen LogP contribution in [0.1, 0.15) is 11.1 Å². The second kappa shape index (κ2) is 6.28. The van der Waals surface area contributed by atoms with Crippen LogP contribution in [0.3, 0.4) is 0 Å². The van der Waals surface area contributed by atoms with Crippen LogP contribution in [0.4, 0.5) is 8.78 Å². The molecule has 0 radical (unpaired) electrons. The minimum atomic E-state index is -0.406.